The molecule has 1 aliphatic heterocycles. The quantitative estimate of drug-likeness (QED) is 0.0216. The van der Waals surface area contributed by atoms with Gasteiger partial charge < -0.3 is 50.5 Å². The molecule has 0 aromatic carbocycles. The first kappa shape index (κ1) is 61.3. The molecule has 1 saturated heterocycles. The Morgan fingerprint density at radius 3 is 1.37 bits per heavy atom. The van der Waals surface area contributed by atoms with Crippen LogP contribution in [-0.4, -0.2) is 110 Å². The Morgan fingerprint density at radius 2 is 0.938 bits per heavy atom. The van der Waals surface area contributed by atoms with Gasteiger partial charge in [0, 0.05) is 0 Å². The number of ether oxygens (including phenoxy) is 2. The highest BCUT2D eigenvalue weighted by Crippen LogP contribution is 2.23. The van der Waals surface area contributed by atoms with Crippen molar-refractivity contribution in [3.05, 3.63) is 36.5 Å². The lowest BCUT2D eigenvalue weighted by atomic mass is 9.98. The van der Waals surface area contributed by atoms with Crippen LogP contribution in [-0.2, 0) is 14.3 Å². The third-order valence-electron chi connectivity index (χ3n) is 12.9. The summed E-state index contributed by atoms with van der Waals surface area (Å²) in [7, 11) is 0. The average Bonchev–Trinajstić information content (AvgIpc) is 3.31. The molecule has 9 atom stereocenters. The van der Waals surface area contributed by atoms with Crippen LogP contribution < -0.4 is 5.32 Å². The predicted octanol–water partition coefficient (Wildman–Crippen LogP) is 10.3. The molecule has 0 radical (unpaired) electrons. The van der Waals surface area contributed by atoms with Crippen LogP contribution in [0.5, 0.6) is 0 Å². The summed E-state index contributed by atoms with van der Waals surface area (Å²) in [5.74, 6) is -0.710. The van der Waals surface area contributed by atoms with Gasteiger partial charge in [0.15, 0.2) is 6.29 Å². The number of carbonyl (C=O) groups is 1. The zero-order chi connectivity index (χ0) is 47.6. The maximum absolute atomic E-state index is 13.1. The van der Waals surface area contributed by atoms with Crippen LogP contribution >= 0.6 is 0 Å². The van der Waals surface area contributed by atoms with Crippen LogP contribution in [0.4, 0.5) is 0 Å². The fourth-order valence-corrected chi connectivity index (χ4v) is 8.48. The molecule has 0 saturated carbocycles. The summed E-state index contributed by atoms with van der Waals surface area (Å²) in [6.45, 7) is 3.37. The second-order valence-corrected chi connectivity index (χ2v) is 18.9. The fourth-order valence-electron chi connectivity index (χ4n) is 8.48. The fraction of sp³-hybridized carbons (Fsp3) is 0.870. The summed E-state index contributed by atoms with van der Waals surface area (Å²) in [5.41, 5.74) is 0. The SMILES string of the molecule is CCC/C=C/CC/C=C/CC/C=C/CCCC(O)C(O)C(COC1OC(CO)C(O)C(O)C1O)NC(=O)C(O)CCCCCCCCCCCCCCCCCCCCCCCCCC. The minimum atomic E-state index is -1.67. The molecule has 0 spiro atoms. The number of aliphatic hydroxyl groups is 7. The Labute approximate surface area is 397 Å². The van der Waals surface area contributed by atoms with Crippen molar-refractivity contribution in [2.24, 2.45) is 0 Å². The van der Waals surface area contributed by atoms with E-state index < -0.39 is 74.2 Å². The van der Waals surface area contributed by atoms with Gasteiger partial charge in [-0.05, 0) is 57.8 Å². The Hall–Kier alpha value is -1.67. The highest BCUT2D eigenvalue weighted by Gasteiger charge is 2.44. The van der Waals surface area contributed by atoms with Crippen LogP contribution in [0.1, 0.15) is 232 Å². The van der Waals surface area contributed by atoms with E-state index >= 15 is 0 Å². The van der Waals surface area contributed by atoms with Gasteiger partial charge in [-0.2, -0.15) is 0 Å². The van der Waals surface area contributed by atoms with Gasteiger partial charge in [-0.25, -0.2) is 0 Å². The largest absolute Gasteiger partial charge is 0.394 e. The van der Waals surface area contributed by atoms with E-state index in [9.17, 15) is 40.5 Å². The van der Waals surface area contributed by atoms with E-state index in [0.29, 0.717) is 19.3 Å². The van der Waals surface area contributed by atoms with Gasteiger partial charge in [0.25, 0.3) is 0 Å². The Kier molecular flexibility index (Phi) is 41.1. The van der Waals surface area contributed by atoms with Gasteiger partial charge in [-0.1, -0.05) is 211 Å². The topological polar surface area (TPSA) is 189 Å². The molecule has 11 heteroatoms. The smallest absolute Gasteiger partial charge is 0.249 e. The molecule has 0 aromatic rings. The molecule has 8 N–H and O–H groups in total. The van der Waals surface area contributed by atoms with Crippen molar-refractivity contribution in [1.29, 1.82) is 0 Å². The molecule has 0 aliphatic carbocycles. The molecular weight excluding hydrogens is 823 g/mol. The van der Waals surface area contributed by atoms with Crippen molar-refractivity contribution in [1.82, 2.24) is 5.32 Å². The van der Waals surface area contributed by atoms with Gasteiger partial charge in [0.1, 0.15) is 36.6 Å². The van der Waals surface area contributed by atoms with Crippen molar-refractivity contribution in [3.8, 4) is 0 Å². The summed E-state index contributed by atoms with van der Waals surface area (Å²) < 4.78 is 11.1. The summed E-state index contributed by atoms with van der Waals surface area (Å²) in [4.78, 5) is 13.1. The van der Waals surface area contributed by atoms with Crippen LogP contribution in [0.3, 0.4) is 0 Å². The normalized spacial score (nSPS) is 21.2. The number of hydrogen-bond donors (Lipinski definition) is 8. The number of amides is 1. The minimum absolute atomic E-state index is 0.242. The highest BCUT2D eigenvalue weighted by atomic mass is 16.7. The number of allylic oxidation sites excluding steroid dienone is 6. The predicted molar refractivity (Wildman–Crippen MR) is 265 cm³/mol. The second kappa shape index (κ2) is 43.6. The van der Waals surface area contributed by atoms with E-state index in [0.717, 1.165) is 51.4 Å². The minimum Gasteiger partial charge on any atom is -0.394 e. The van der Waals surface area contributed by atoms with Crippen molar-refractivity contribution in [2.75, 3.05) is 13.2 Å². The van der Waals surface area contributed by atoms with E-state index in [4.69, 9.17) is 9.47 Å². The van der Waals surface area contributed by atoms with Gasteiger partial charge in [-0.15, -0.1) is 0 Å². The number of hydrogen-bond acceptors (Lipinski definition) is 10. The molecule has 1 aliphatic rings. The first-order valence-electron chi connectivity index (χ1n) is 26.9. The number of carbonyl (C=O) groups excluding carboxylic acids is 1. The Morgan fingerprint density at radius 1 is 0.523 bits per heavy atom. The van der Waals surface area contributed by atoms with Crippen molar-refractivity contribution < 1.29 is 50.0 Å². The molecule has 382 valence electrons. The lowest BCUT2D eigenvalue weighted by Gasteiger charge is -2.40. The molecule has 1 rings (SSSR count). The van der Waals surface area contributed by atoms with Gasteiger partial charge in [-0.3, -0.25) is 4.79 Å². The molecule has 0 aromatic heterocycles. The monoisotopic (exact) mass is 924 g/mol. The molecule has 1 fully saturated rings. The number of nitrogens with one attached hydrogen (secondary N) is 1. The van der Waals surface area contributed by atoms with Gasteiger partial charge >= 0.3 is 0 Å². The van der Waals surface area contributed by atoms with Crippen LogP contribution in [0, 0.1) is 0 Å². The van der Waals surface area contributed by atoms with Crippen LogP contribution in [0.25, 0.3) is 0 Å². The summed E-state index contributed by atoms with van der Waals surface area (Å²) in [6, 6.07) is -1.19. The Balaban J connectivity index is 2.33. The van der Waals surface area contributed by atoms with E-state index in [1.165, 1.54) is 135 Å². The third kappa shape index (κ3) is 32.7. The van der Waals surface area contributed by atoms with Crippen molar-refractivity contribution in [3.63, 3.8) is 0 Å². The molecule has 9 unspecified atom stereocenters. The zero-order valence-corrected chi connectivity index (χ0v) is 41.5. The molecular formula is C54H101NO10. The van der Waals surface area contributed by atoms with Gasteiger partial charge in [0.2, 0.25) is 5.91 Å². The molecule has 11 nitrogen and oxygen atoms in total. The molecule has 0 bridgehead atoms. The lowest BCUT2D eigenvalue weighted by Crippen LogP contribution is -2.60. The lowest BCUT2D eigenvalue weighted by molar-refractivity contribution is -0.303. The second-order valence-electron chi connectivity index (χ2n) is 18.9. The molecule has 65 heavy (non-hydrogen) atoms. The number of rotatable bonds is 45. The van der Waals surface area contributed by atoms with E-state index in [1.54, 1.807) is 0 Å². The number of unbranched alkanes of at least 4 members (excludes halogenated alkanes) is 27. The summed E-state index contributed by atoms with van der Waals surface area (Å²) in [5, 5.41) is 75.8. The van der Waals surface area contributed by atoms with Gasteiger partial charge in [0.05, 0.1) is 25.4 Å². The van der Waals surface area contributed by atoms with E-state index in [1.807, 2.05) is 0 Å². The van der Waals surface area contributed by atoms with Crippen LogP contribution in [0.2, 0.25) is 0 Å². The third-order valence-corrected chi connectivity index (χ3v) is 12.9. The van der Waals surface area contributed by atoms with Crippen molar-refractivity contribution >= 4 is 5.91 Å². The molecule has 1 amide bonds. The van der Waals surface area contributed by atoms with E-state index in [2.05, 4.69) is 55.6 Å². The average molecular weight is 924 g/mol. The maximum Gasteiger partial charge on any atom is 0.249 e. The summed E-state index contributed by atoms with van der Waals surface area (Å²) >= 11 is 0. The molecule has 1 heterocycles. The number of aliphatic hydroxyl groups excluding tert-OH is 7. The maximum atomic E-state index is 13.1. The highest BCUT2D eigenvalue weighted by molar-refractivity contribution is 5.80. The standard InChI is InChI=1S/C54H101NO10/c1-3-5-7-9-11-13-15-17-19-20-21-22-23-24-25-26-27-28-30-32-34-36-38-40-42-47(58)53(63)55-45(44-64-54-52(62)51(61)50(60)48(43-56)65-54)49(59)46(57)41-39-37-35-33-31-29-18-16-14-12-10-8-6-4-2/h8,10,16,18,33,35,45-52,54,56-62H,3-7,9,11-15,17,19-32,34,36-44H2,1-2H3,(H,55,63)/b10-8+,18-16+,35-33+. The van der Waals surface area contributed by atoms with Crippen molar-refractivity contribution in [2.45, 2.75) is 287 Å². The van der Waals surface area contributed by atoms with Crippen LogP contribution in [0.15, 0.2) is 36.5 Å². The first-order chi connectivity index (χ1) is 31.7. The first-order valence-corrected chi connectivity index (χ1v) is 26.9. The van der Waals surface area contributed by atoms with E-state index in [-0.39, 0.29) is 12.8 Å². The summed E-state index contributed by atoms with van der Waals surface area (Å²) in [6.07, 6.45) is 40.6. The Bertz CT molecular complexity index is 1150. The zero-order valence-electron chi connectivity index (χ0n) is 41.5.